The van der Waals surface area contributed by atoms with Gasteiger partial charge in [-0.15, -0.1) is 6.58 Å². The van der Waals surface area contributed by atoms with Gasteiger partial charge in [-0.05, 0) is 19.3 Å². The Morgan fingerprint density at radius 1 is 1.00 bits per heavy atom. The Morgan fingerprint density at radius 2 is 1.56 bits per heavy atom. The molecule has 3 N–H and O–H groups in total. The summed E-state index contributed by atoms with van der Waals surface area (Å²) in [4.78, 5) is 0. The molecule has 5 nitrogen and oxygen atoms in total. The lowest BCUT2D eigenvalue weighted by atomic mass is 10.1. The van der Waals surface area contributed by atoms with Gasteiger partial charge in [0.05, 0.1) is 13.2 Å². The van der Waals surface area contributed by atoms with Crippen molar-refractivity contribution in [3.8, 4) is 0 Å². The number of allylic oxidation sites excluding steroid dienone is 1. The zero-order valence-corrected chi connectivity index (χ0v) is 15.7. The number of aliphatic hydroxyl groups excluding tert-OH is 3. The molecule has 0 bridgehead atoms. The van der Waals surface area contributed by atoms with E-state index in [1.54, 1.807) is 0 Å². The molecule has 4 atom stereocenters. The molecule has 1 saturated heterocycles. The molecule has 0 unspecified atom stereocenters. The van der Waals surface area contributed by atoms with Gasteiger partial charge < -0.3 is 24.8 Å². The summed E-state index contributed by atoms with van der Waals surface area (Å²) >= 11 is 0. The molecule has 0 aliphatic carbocycles. The van der Waals surface area contributed by atoms with Crippen molar-refractivity contribution in [2.24, 2.45) is 0 Å². The normalized spacial score (nSPS) is 24.5. The number of aliphatic hydroxyl groups is 3. The summed E-state index contributed by atoms with van der Waals surface area (Å²) in [6, 6.07) is 0. The minimum Gasteiger partial charge on any atom is -0.394 e. The number of unbranched alkanes of at least 4 members (excludes halogenated alkanes) is 10. The highest BCUT2D eigenvalue weighted by atomic mass is 16.6. The molecule has 0 aromatic carbocycles. The molecular formula is C20H38O5. The Labute approximate surface area is 153 Å². The van der Waals surface area contributed by atoms with Gasteiger partial charge in [0, 0.05) is 6.61 Å². The standard InChI is InChI=1S/C20H38O5/c1-2-3-4-5-6-7-8-9-10-11-12-13-14-24-20-18(23)16-25-19(20)17(22)15-21/h2,17-23H,1,3-16H2/t17-,18+,19-,20-/m0/s1. The number of rotatable bonds is 16. The highest BCUT2D eigenvalue weighted by Crippen LogP contribution is 2.21. The van der Waals surface area contributed by atoms with Crippen molar-refractivity contribution in [1.29, 1.82) is 0 Å². The van der Waals surface area contributed by atoms with Crippen LogP contribution in [0.25, 0.3) is 0 Å². The van der Waals surface area contributed by atoms with Crippen LogP contribution in [0.2, 0.25) is 0 Å². The van der Waals surface area contributed by atoms with Crippen molar-refractivity contribution in [3.05, 3.63) is 12.7 Å². The zero-order valence-electron chi connectivity index (χ0n) is 15.7. The quantitative estimate of drug-likeness (QED) is 0.292. The van der Waals surface area contributed by atoms with E-state index in [1.807, 2.05) is 6.08 Å². The van der Waals surface area contributed by atoms with Crippen LogP contribution in [0.15, 0.2) is 12.7 Å². The first-order valence-electron chi connectivity index (χ1n) is 10.0. The number of hydrogen-bond acceptors (Lipinski definition) is 5. The van der Waals surface area contributed by atoms with E-state index >= 15 is 0 Å². The van der Waals surface area contributed by atoms with Gasteiger partial charge in [0.15, 0.2) is 0 Å². The van der Waals surface area contributed by atoms with Gasteiger partial charge in [0.2, 0.25) is 0 Å². The third kappa shape index (κ3) is 9.71. The average Bonchev–Trinajstić information content (AvgIpc) is 2.99. The summed E-state index contributed by atoms with van der Waals surface area (Å²) in [5.41, 5.74) is 0. The predicted octanol–water partition coefficient (Wildman–Crippen LogP) is 2.96. The Hall–Kier alpha value is -0.460. The molecule has 0 aromatic rings. The van der Waals surface area contributed by atoms with Gasteiger partial charge in [-0.3, -0.25) is 0 Å². The molecule has 1 rings (SSSR count). The second-order valence-corrected chi connectivity index (χ2v) is 7.06. The van der Waals surface area contributed by atoms with Crippen molar-refractivity contribution in [1.82, 2.24) is 0 Å². The molecule has 0 aromatic heterocycles. The fraction of sp³-hybridized carbons (Fsp3) is 0.900. The number of hydrogen-bond donors (Lipinski definition) is 3. The molecule has 25 heavy (non-hydrogen) atoms. The highest BCUT2D eigenvalue weighted by Gasteiger charge is 2.40. The molecule has 1 aliphatic rings. The maximum atomic E-state index is 9.85. The fourth-order valence-electron chi connectivity index (χ4n) is 3.28. The lowest BCUT2D eigenvalue weighted by Gasteiger charge is -2.23. The van der Waals surface area contributed by atoms with E-state index in [4.69, 9.17) is 14.6 Å². The molecule has 1 fully saturated rings. The molecule has 0 spiro atoms. The van der Waals surface area contributed by atoms with Crippen LogP contribution in [0.3, 0.4) is 0 Å². The minimum absolute atomic E-state index is 0.153. The molecule has 5 heteroatoms. The molecule has 0 amide bonds. The van der Waals surface area contributed by atoms with Crippen LogP contribution in [-0.2, 0) is 9.47 Å². The second kappa shape index (κ2) is 14.7. The van der Waals surface area contributed by atoms with Gasteiger partial charge in [-0.2, -0.15) is 0 Å². The largest absolute Gasteiger partial charge is 0.394 e. The molecule has 148 valence electrons. The van der Waals surface area contributed by atoms with E-state index in [1.165, 1.54) is 51.4 Å². The summed E-state index contributed by atoms with van der Waals surface area (Å²) < 4.78 is 11.0. The fourth-order valence-corrected chi connectivity index (χ4v) is 3.28. The molecule has 0 saturated carbocycles. The summed E-state index contributed by atoms with van der Waals surface area (Å²) in [5, 5.41) is 28.5. The molecular weight excluding hydrogens is 320 g/mol. The maximum Gasteiger partial charge on any atom is 0.114 e. The van der Waals surface area contributed by atoms with Crippen LogP contribution in [-0.4, -0.2) is 59.6 Å². The Kier molecular flexibility index (Phi) is 13.3. The Balaban J connectivity index is 1.92. The third-order valence-electron chi connectivity index (χ3n) is 4.84. The lowest BCUT2D eigenvalue weighted by Crippen LogP contribution is -2.42. The molecule has 0 radical (unpaired) electrons. The van der Waals surface area contributed by atoms with E-state index in [0.29, 0.717) is 6.61 Å². The van der Waals surface area contributed by atoms with Crippen LogP contribution in [0, 0.1) is 0 Å². The van der Waals surface area contributed by atoms with E-state index < -0.39 is 24.4 Å². The van der Waals surface area contributed by atoms with Crippen LogP contribution in [0.5, 0.6) is 0 Å². The van der Waals surface area contributed by atoms with Crippen LogP contribution < -0.4 is 0 Å². The van der Waals surface area contributed by atoms with Crippen molar-refractivity contribution >= 4 is 0 Å². The predicted molar refractivity (Wildman–Crippen MR) is 99.6 cm³/mol. The van der Waals surface area contributed by atoms with E-state index in [9.17, 15) is 10.2 Å². The first-order chi connectivity index (χ1) is 12.2. The lowest BCUT2D eigenvalue weighted by molar-refractivity contribution is -0.0938. The monoisotopic (exact) mass is 358 g/mol. The van der Waals surface area contributed by atoms with E-state index in [0.717, 1.165) is 19.3 Å². The van der Waals surface area contributed by atoms with Crippen molar-refractivity contribution in [3.63, 3.8) is 0 Å². The zero-order chi connectivity index (χ0) is 18.3. The van der Waals surface area contributed by atoms with E-state index in [2.05, 4.69) is 6.58 Å². The van der Waals surface area contributed by atoms with Crippen molar-refractivity contribution < 1.29 is 24.8 Å². The minimum atomic E-state index is -1.00. The van der Waals surface area contributed by atoms with Gasteiger partial charge in [0.1, 0.15) is 24.4 Å². The molecule has 1 heterocycles. The maximum absolute atomic E-state index is 9.85. The van der Waals surface area contributed by atoms with Crippen LogP contribution >= 0.6 is 0 Å². The van der Waals surface area contributed by atoms with Gasteiger partial charge in [-0.1, -0.05) is 57.4 Å². The summed E-state index contributed by atoms with van der Waals surface area (Å²) in [6.45, 7) is 4.07. The SMILES string of the molecule is C=CCCCCCCCCCCCCO[C@@H]1[C@H]([C@@H](O)CO)OC[C@H]1O. The number of ether oxygens (including phenoxy) is 2. The molecule has 1 aliphatic heterocycles. The first kappa shape index (κ1) is 22.6. The summed E-state index contributed by atoms with van der Waals surface area (Å²) in [6.07, 6.45) is 12.7. The highest BCUT2D eigenvalue weighted by molar-refractivity contribution is 4.89. The van der Waals surface area contributed by atoms with Gasteiger partial charge in [0.25, 0.3) is 0 Å². The van der Waals surface area contributed by atoms with Crippen molar-refractivity contribution in [2.45, 2.75) is 95.0 Å². The third-order valence-corrected chi connectivity index (χ3v) is 4.84. The van der Waals surface area contributed by atoms with Crippen LogP contribution in [0.4, 0.5) is 0 Å². The van der Waals surface area contributed by atoms with Gasteiger partial charge >= 0.3 is 0 Å². The van der Waals surface area contributed by atoms with Gasteiger partial charge in [-0.25, -0.2) is 0 Å². The first-order valence-corrected chi connectivity index (χ1v) is 10.0. The van der Waals surface area contributed by atoms with Crippen LogP contribution in [0.1, 0.15) is 70.6 Å². The topological polar surface area (TPSA) is 79.2 Å². The van der Waals surface area contributed by atoms with Crippen molar-refractivity contribution in [2.75, 3.05) is 19.8 Å². The Morgan fingerprint density at radius 3 is 2.12 bits per heavy atom. The Bertz CT molecular complexity index is 323. The smallest absolute Gasteiger partial charge is 0.114 e. The summed E-state index contributed by atoms with van der Waals surface area (Å²) in [5.74, 6) is 0. The van der Waals surface area contributed by atoms with E-state index in [-0.39, 0.29) is 13.2 Å². The average molecular weight is 359 g/mol. The second-order valence-electron chi connectivity index (χ2n) is 7.06. The summed E-state index contributed by atoms with van der Waals surface area (Å²) in [7, 11) is 0.